The number of rotatable bonds is 4. The molecule has 1 amide bonds. The van der Waals surface area contributed by atoms with Crippen molar-refractivity contribution in [2.45, 2.75) is 6.10 Å². The van der Waals surface area contributed by atoms with Gasteiger partial charge in [-0.15, -0.1) is 0 Å². The molecule has 3 aromatic rings. The Hall–Kier alpha value is -2.81. The first kappa shape index (κ1) is 17.6. The zero-order valence-electron chi connectivity index (χ0n) is 14.3. The molecule has 1 aromatic carbocycles. The lowest BCUT2D eigenvalue weighted by Gasteiger charge is -2.24. The average Bonchev–Trinajstić information content (AvgIpc) is 3.20. The summed E-state index contributed by atoms with van der Waals surface area (Å²) in [5.41, 5.74) is 2.02. The summed E-state index contributed by atoms with van der Waals surface area (Å²) >= 11 is 5.83. The molecule has 27 heavy (non-hydrogen) atoms. The number of aromatic nitrogens is 4. The fourth-order valence-corrected chi connectivity index (χ4v) is 2.91. The molecule has 0 bridgehead atoms. The van der Waals surface area contributed by atoms with Crippen LogP contribution in [-0.4, -0.2) is 45.4 Å². The number of benzene rings is 1. The van der Waals surface area contributed by atoms with E-state index < -0.39 is 0 Å². The molecule has 0 aliphatic carbocycles. The standard InChI is InChI=1S/C18H17ClN6O2/c19-16-10-21-11-17(23-16)25-7-5-14(24-25)18(26)22-13-3-1-12(2-4-13)15-9-20-6-8-27-15/h1-5,7,10-11,15,20H,6,8-9H2,(H,22,26)/t15-/m1/s1. The summed E-state index contributed by atoms with van der Waals surface area (Å²) in [4.78, 5) is 20.5. The molecule has 2 N–H and O–H groups in total. The monoisotopic (exact) mass is 384 g/mol. The Morgan fingerprint density at radius 3 is 2.85 bits per heavy atom. The van der Waals surface area contributed by atoms with Crippen molar-refractivity contribution in [3.8, 4) is 5.82 Å². The molecule has 8 nitrogen and oxygen atoms in total. The van der Waals surface area contributed by atoms with Gasteiger partial charge in [0, 0.05) is 25.0 Å². The van der Waals surface area contributed by atoms with E-state index in [0.29, 0.717) is 18.1 Å². The van der Waals surface area contributed by atoms with Crippen molar-refractivity contribution < 1.29 is 9.53 Å². The van der Waals surface area contributed by atoms with E-state index in [1.54, 1.807) is 12.3 Å². The van der Waals surface area contributed by atoms with E-state index in [1.807, 2.05) is 24.3 Å². The van der Waals surface area contributed by atoms with Crippen LogP contribution in [0.15, 0.2) is 48.9 Å². The molecule has 1 saturated heterocycles. The maximum absolute atomic E-state index is 12.4. The van der Waals surface area contributed by atoms with E-state index in [0.717, 1.165) is 18.7 Å². The number of nitrogens with one attached hydrogen (secondary N) is 2. The summed E-state index contributed by atoms with van der Waals surface area (Å²) in [6, 6.07) is 9.21. The van der Waals surface area contributed by atoms with Gasteiger partial charge in [0.1, 0.15) is 5.15 Å². The summed E-state index contributed by atoms with van der Waals surface area (Å²) in [7, 11) is 0. The molecule has 9 heteroatoms. The minimum Gasteiger partial charge on any atom is -0.371 e. The predicted octanol–water partition coefficient (Wildman–Crippen LogP) is 2.23. The number of morpholine rings is 1. The molecule has 4 rings (SSSR count). The molecular weight excluding hydrogens is 368 g/mol. The molecule has 1 atom stereocenters. The van der Waals surface area contributed by atoms with Gasteiger partial charge in [0.05, 0.1) is 25.1 Å². The summed E-state index contributed by atoms with van der Waals surface area (Å²) in [5, 5.41) is 10.6. The molecule has 1 aliphatic rings. The van der Waals surface area contributed by atoms with Crippen LogP contribution in [0.4, 0.5) is 5.69 Å². The minimum atomic E-state index is -0.313. The molecule has 138 valence electrons. The molecule has 0 saturated carbocycles. The third-order valence-corrected chi connectivity index (χ3v) is 4.30. The van der Waals surface area contributed by atoms with Crippen LogP contribution in [0.2, 0.25) is 5.15 Å². The van der Waals surface area contributed by atoms with Gasteiger partial charge >= 0.3 is 0 Å². The van der Waals surface area contributed by atoms with Crippen LogP contribution in [-0.2, 0) is 4.74 Å². The lowest BCUT2D eigenvalue weighted by Crippen LogP contribution is -2.33. The van der Waals surface area contributed by atoms with Crippen molar-refractivity contribution in [1.29, 1.82) is 0 Å². The Bertz CT molecular complexity index is 937. The Labute approximate surface area is 160 Å². The molecule has 2 aromatic heterocycles. The van der Waals surface area contributed by atoms with Crippen LogP contribution in [0.3, 0.4) is 0 Å². The lowest BCUT2D eigenvalue weighted by molar-refractivity contribution is 0.0277. The van der Waals surface area contributed by atoms with E-state index in [9.17, 15) is 4.79 Å². The first-order valence-electron chi connectivity index (χ1n) is 8.46. The van der Waals surface area contributed by atoms with Gasteiger partial charge in [0.15, 0.2) is 11.5 Å². The van der Waals surface area contributed by atoms with E-state index >= 15 is 0 Å². The lowest BCUT2D eigenvalue weighted by atomic mass is 10.1. The Morgan fingerprint density at radius 1 is 1.26 bits per heavy atom. The number of carbonyl (C=O) groups is 1. The summed E-state index contributed by atoms with van der Waals surface area (Å²) in [5.74, 6) is 0.124. The highest BCUT2D eigenvalue weighted by Crippen LogP contribution is 2.21. The molecule has 1 aliphatic heterocycles. The van der Waals surface area contributed by atoms with Crippen LogP contribution >= 0.6 is 11.6 Å². The second kappa shape index (κ2) is 7.83. The maximum atomic E-state index is 12.4. The topological polar surface area (TPSA) is 94.0 Å². The first-order valence-corrected chi connectivity index (χ1v) is 8.84. The molecule has 0 spiro atoms. The van der Waals surface area contributed by atoms with Crippen LogP contribution in [0.5, 0.6) is 0 Å². The summed E-state index contributed by atoms with van der Waals surface area (Å²) in [6.07, 6.45) is 4.62. The van der Waals surface area contributed by atoms with Gasteiger partial charge in [0.2, 0.25) is 0 Å². The van der Waals surface area contributed by atoms with Crippen LogP contribution in [0.25, 0.3) is 5.82 Å². The van der Waals surface area contributed by atoms with Gasteiger partial charge < -0.3 is 15.4 Å². The van der Waals surface area contributed by atoms with Gasteiger partial charge in [0.25, 0.3) is 5.91 Å². The Morgan fingerprint density at radius 2 is 2.11 bits per heavy atom. The molecule has 0 radical (unpaired) electrons. The van der Waals surface area contributed by atoms with Crippen LogP contribution in [0, 0.1) is 0 Å². The minimum absolute atomic E-state index is 0.0398. The fraction of sp³-hybridized carbons (Fsp3) is 0.222. The summed E-state index contributed by atoms with van der Waals surface area (Å²) in [6.45, 7) is 2.36. The van der Waals surface area contributed by atoms with Crippen LogP contribution < -0.4 is 10.6 Å². The van der Waals surface area contributed by atoms with Gasteiger partial charge in [-0.2, -0.15) is 5.10 Å². The van der Waals surface area contributed by atoms with Crippen molar-refractivity contribution in [3.63, 3.8) is 0 Å². The smallest absolute Gasteiger partial charge is 0.276 e. The van der Waals surface area contributed by atoms with E-state index in [1.165, 1.54) is 17.1 Å². The molecule has 0 unspecified atom stereocenters. The molecular formula is C18H17ClN6O2. The highest BCUT2D eigenvalue weighted by atomic mass is 35.5. The zero-order valence-corrected chi connectivity index (χ0v) is 15.1. The SMILES string of the molecule is O=C(Nc1ccc([C@H]2CNCCO2)cc1)c1ccn(-c2cncc(Cl)n2)n1. The van der Waals surface area contributed by atoms with Crippen molar-refractivity contribution >= 4 is 23.2 Å². The van der Waals surface area contributed by atoms with Crippen molar-refractivity contribution in [2.24, 2.45) is 0 Å². The van der Waals surface area contributed by atoms with E-state index in [2.05, 4.69) is 25.7 Å². The van der Waals surface area contributed by atoms with Gasteiger partial charge in [-0.05, 0) is 23.8 Å². The van der Waals surface area contributed by atoms with Gasteiger partial charge in [-0.25, -0.2) is 9.67 Å². The van der Waals surface area contributed by atoms with Crippen molar-refractivity contribution in [3.05, 3.63) is 65.3 Å². The second-order valence-corrected chi connectivity index (χ2v) is 6.37. The van der Waals surface area contributed by atoms with Crippen molar-refractivity contribution in [1.82, 2.24) is 25.1 Å². The maximum Gasteiger partial charge on any atom is 0.276 e. The van der Waals surface area contributed by atoms with Crippen LogP contribution in [0.1, 0.15) is 22.2 Å². The first-order chi connectivity index (χ1) is 13.2. The van der Waals surface area contributed by atoms with Gasteiger partial charge in [-0.3, -0.25) is 9.78 Å². The molecule has 1 fully saturated rings. The van der Waals surface area contributed by atoms with Gasteiger partial charge in [-0.1, -0.05) is 23.7 Å². The van der Waals surface area contributed by atoms with Crippen molar-refractivity contribution in [2.75, 3.05) is 25.0 Å². The number of hydrogen-bond donors (Lipinski definition) is 2. The number of nitrogens with zero attached hydrogens (tertiary/aromatic N) is 4. The number of ether oxygens (including phenoxy) is 1. The number of carbonyl (C=O) groups excluding carboxylic acids is 1. The third-order valence-electron chi connectivity index (χ3n) is 4.12. The van der Waals surface area contributed by atoms with E-state index in [4.69, 9.17) is 16.3 Å². The molecule has 3 heterocycles. The number of halogens is 1. The van der Waals surface area contributed by atoms with E-state index in [-0.39, 0.29) is 22.9 Å². The predicted molar refractivity (Wildman–Crippen MR) is 100 cm³/mol. The fourth-order valence-electron chi connectivity index (χ4n) is 2.77. The average molecular weight is 385 g/mol. The largest absolute Gasteiger partial charge is 0.371 e. The number of anilines is 1. The third kappa shape index (κ3) is 4.13. The Balaban J connectivity index is 1.43. The Kier molecular flexibility index (Phi) is 5.10. The zero-order chi connectivity index (χ0) is 18.6. The number of hydrogen-bond acceptors (Lipinski definition) is 6. The second-order valence-electron chi connectivity index (χ2n) is 5.99. The summed E-state index contributed by atoms with van der Waals surface area (Å²) < 4.78 is 7.17. The number of amides is 1. The normalized spacial score (nSPS) is 16.9. The quantitative estimate of drug-likeness (QED) is 0.716. The highest BCUT2D eigenvalue weighted by Gasteiger charge is 2.16. The highest BCUT2D eigenvalue weighted by molar-refractivity contribution is 6.29.